The van der Waals surface area contributed by atoms with E-state index in [2.05, 4.69) is 5.32 Å². The summed E-state index contributed by atoms with van der Waals surface area (Å²) in [5.41, 5.74) is -0.992. The van der Waals surface area contributed by atoms with Gasteiger partial charge in [0, 0.05) is 5.56 Å². The summed E-state index contributed by atoms with van der Waals surface area (Å²) in [7, 11) is 1.53. The summed E-state index contributed by atoms with van der Waals surface area (Å²) in [4.78, 5) is 0. The Morgan fingerprint density at radius 1 is 1.15 bits per heavy atom. The third-order valence-electron chi connectivity index (χ3n) is 2.97. The standard InChI is InChI=1S/C14H13F4NO/c1-8-3-6-12(20-8)13(19-2)10-7-9(14(16,17)18)4-5-11(10)15/h3-7,13,19H,1-2H3. The average molecular weight is 287 g/mol. The van der Waals surface area contributed by atoms with Crippen molar-refractivity contribution in [2.24, 2.45) is 0 Å². The topological polar surface area (TPSA) is 25.2 Å². The highest BCUT2D eigenvalue weighted by molar-refractivity contribution is 5.33. The molecular formula is C14H13F4NO. The summed E-state index contributed by atoms with van der Waals surface area (Å²) in [6.45, 7) is 1.71. The number of aryl methyl sites for hydroxylation is 1. The fourth-order valence-electron chi connectivity index (χ4n) is 2.00. The van der Waals surface area contributed by atoms with Gasteiger partial charge in [-0.25, -0.2) is 4.39 Å². The zero-order valence-electron chi connectivity index (χ0n) is 10.9. The Bertz CT molecular complexity index is 603. The van der Waals surface area contributed by atoms with Gasteiger partial charge in [0.1, 0.15) is 17.3 Å². The van der Waals surface area contributed by atoms with Crippen LogP contribution < -0.4 is 5.32 Å². The van der Waals surface area contributed by atoms with Crippen LogP contribution in [0, 0.1) is 12.7 Å². The van der Waals surface area contributed by atoms with Crippen molar-refractivity contribution < 1.29 is 22.0 Å². The second-order valence-corrected chi connectivity index (χ2v) is 4.40. The van der Waals surface area contributed by atoms with Gasteiger partial charge in [0.15, 0.2) is 0 Å². The molecule has 1 atom stereocenters. The number of hydrogen-bond acceptors (Lipinski definition) is 2. The summed E-state index contributed by atoms with van der Waals surface area (Å²) in [5, 5.41) is 2.77. The SMILES string of the molecule is CNC(c1ccc(C)o1)c1cc(C(F)(F)F)ccc1F. The molecule has 0 radical (unpaired) electrons. The molecule has 1 aromatic heterocycles. The molecular weight excluding hydrogens is 274 g/mol. The third-order valence-corrected chi connectivity index (χ3v) is 2.97. The van der Waals surface area contributed by atoms with E-state index in [-0.39, 0.29) is 5.56 Å². The molecule has 0 saturated heterocycles. The summed E-state index contributed by atoms with van der Waals surface area (Å²) >= 11 is 0. The van der Waals surface area contributed by atoms with Crippen LogP contribution in [0.3, 0.4) is 0 Å². The summed E-state index contributed by atoms with van der Waals surface area (Å²) in [6.07, 6.45) is -4.51. The zero-order valence-corrected chi connectivity index (χ0v) is 10.9. The van der Waals surface area contributed by atoms with Gasteiger partial charge in [-0.05, 0) is 44.3 Å². The number of halogens is 4. The van der Waals surface area contributed by atoms with Gasteiger partial charge in [0.2, 0.25) is 0 Å². The summed E-state index contributed by atoms with van der Waals surface area (Å²) in [6, 6.07) is 4.85. The quantitative estimate of drug-likeness (QED) is 0.861. The van der Waals surface area contributed by atoms with Crippen molar-refractivity contribution in [3.63, 3.8) is 0 Å². The number of benzene rings is 1. The fraction of sp³-hybridized carbons (Fsp3) is 0.286. The van der Waals surface area contributed by atoms with Crippen molar-refractivity contribution in [1.29, 1.82) is 0 Å². The molecule has 0 aliphatic carbocycles. The first-order valence-electron chi connectivity index (χ1n) is 5.93. The minimum atomic E-state index is -4.51. The highest BCUT2D eigenvalue weighted by Gasteiger charge is 2.32. The van der Waals surface area contributed by atoms with E-state index in [1.165, 1.54) is 7.05 Å². The largest absolute Gasteiger partial charge is 0.464 e. The van der Waals surface area contributed by atoms with Crippen molar-refractivity contribution >= 4 is 0 Å². The monoisotopic (exact) mass is 287 g/mol. The van der Waals surface area contributed by atoms with Gasteiger partial charge in [-0.2, -0.15) is 13.2 Å². The molecule has 1 aromatic carbocycles. The first-order valence-corrected chi connectivity index (χ1v) is 5.93. The molecule has 0 aliphatic heterocycles. The normalized spacial score (nSPS) is 13.5. The molecule has 20 heavy (non-hydrogen) atoms. The lowest BCUT2D eigenvalue weighted by atomic mass is 10.0. The molecule has 1 heterocycles. The maximum atomic E-state index is 13.8. The molecule has 2 nitrogen and oxygen atoms in total. The van der Waals surface area contributed by atoms with E-state index in [1.54, 1.807) is 19.1 Å². The van der Waals surface area contributed by atoms with Crippen molar-refractivity contribution in [3.05, 3.63) is 58.8 Å². The molecule has 0 aliphatic rings. The molecule has 0 bridgehead atoms. The van der Waals surface area contributed by atoms with Crippen LogP contribution in [0.25, 0.3) is 0 Å². The highest BCUT2D eigenvalue weighted by atomic mass is 19.4. The van der Waals surface area contributed by atoms with Crippen molar-refractivity contribution in [2.45, 2.75) is 19.1 Å². The van der Waals surface area contributed by atoms with Crippen LogP contribution in [0.4, 0.5) is 17.6 Å². The van der Waals surface area contributed by atoms with Crippen molar-refractivity contribution in [1.82, 2.24) is 5.32 Å². The number of alkyl halides is 3. The third kappa shape index (κ3) is 2.85. The average Bonchev–Trinajstić information content (AvgIpc) is 2.77. The Kier molecular flexibility index (Phi) is 3.85. The predicted molar refractivity (Wildman–Crippen MR) is 65.7 cm³/mol. The van der Waals surface area contributed by atoms with E-state index in [9.17, 15) is 17.6 Å². The lowest BCUT2D eigenvalue weighted by Crippen LogP contribution is -2.19. The minimum absolute atomic E-state index is 0.100. The van der Waals surface area contributed by atoms with E-state index in [1.807, 2.05) is 0 Å². The Morgan fingerprint density at radius 3 is 2.35 bits per heavy atom. The maximum Gasteiger partial charge on any atom is 0.416 e. The minimum Gasteiger partial charge on any atom is -0.464 e. The van der Waals surface area contributed by atoms with Crippen molar-refractivity contribution in [3.8, 4) is 0 Å². The van der Waals surface area contributed by atoms with Crippen LogP contribution in [0.15, 0.2) is 34.7 Å². The van der Waals surface area contributed by atoms with Gasteiger partial charge in [-0.3, -0.25) is 0 Å². The second-order valence-electron chi connectivity index (χ2n) is 4.40. The number of rotatable bonds is 3. The van der Waals surface area contributed by atoms with E-state index in [0.29, 0.717) is 11.5 Å². The van der Waals surface area contributed by atoms with E-state index >= 15 is 0 Å². The van der Waals surface area contributed by atoms with Gasteiger partial charge in [-0.15, -0.1) is 0 Å². The molecule has 108 valence electrons. The summed E-state index contributed by atoms with van der Waals surface area (Å²) in [5.74, 6) is 0.252. The van der Waals surface area contributed by atoms with Crippen LogP contribution in [0.2, 0.25) is 0 Å². The molecule has 0 amide bonds. The first-order chi connectivity index (χ1) is 9.32. The number of hydrogen-bond donors (Lipinski definition) is 1. The molecule has 0 fully saturated rings. The Morgan fingerprint density at radius 2 is 1.85 bits per heavy atom. The second kappa shape index (κ2) is 5.28. The van der Waals surface area contributed by atoms with Crippen LogP contribution >= 0.6 is 0 Å². The predicted octanol–water partition coefficient (Wildman–Crippen LogP) is 4.05. The molecule has 0 spiro atoms. The van der Waals surface area contributed by atoms with Gasteiger partial charge >= 0.3 is 6.18 Å². The smallest absolute Gasteiger partial charge is 0.416 e. The van der Waals surface area contributed by atoms with E-state index in [4.69, 9.17) is 4.42 Å². The molecule has 1 N–H and O–H groups in total. The fourth-order valence-corrected chi connectivity index (χ4v) is 2.00. The molecule has 6 heteroatoms. The lowest BCUT2D eigenvalue weighted by molar-refractivity contribution is -0.137. The Hall–Kier alpha value is -1.82. The van der Waals surface area contributed by atoms with Gasteiger partial charge < -0.3 is 9.73 Å². The van der Waals surface area contributed by atoms with Crippen LogP contribution in [0.1, 0.15) is 28.7 Å². The van der Waals surface area contributed by atoms with E-state index < -0.39 is 23.6 Å². The maximum absolute atomic E-state index is 13.8. The zero-order chi connectivity index (χ0) is 14.9. The highest BCUT2D eigenvalue weighted by Crippen LogP contribution is 2.33. The molecule has 0 saturated carbocycles. The number of nitrogens with one attached hydrogen (secondary N) is 1. The van der Waals surface area contributed by atoms with Gasteiger partial charge in [0.25, 0.3) is 0 Å². The molecule has 1 unspecified atom stereocenters. The van der Waals surface area contributed by atoms with Gasteiger partial charge in [-0.1, -0.05) is 0 Å². The number of furan rings is 1. The lowest BCUT2D eigenvalue weighted by Gasteiger charge is -2.17. The van der Waals surface area contributed by atoms with Crippen molar-refractivity contribution in [2.75, 3.05) is 7.05 Å². The summed E-state index contributed by atoms with van der Waals surface area (Å²) < 4.78 is 57.3. The van der Waals surface area contributed by atoms with Crippen LogP contribution in [0.5, 0.6) is 0 Å². The molecule has 2 rings (SSSR count). The Labute approximate surface area is 113 Å². The Balaban J connectivity index is 2.49. The first kappa shape index (κ1) is 14.6. The van der Waals surface area contributed by atoms with Crippen LogP contribution in [-0.4, -0.2) is 7.05 Å². The molecule has 2 aromatic rings. The van der Waals surface area contributed by atoms with E-state index in [0.717, 1.165) is 18.2 Å². The van der Waals surface area contributed by atoms with Gasteiger partial charge in [0.05, 0.1) is 11.6 Å². The van der Waals surface area contributed by atoms with Crippen LogP contribution in [-0.2, 0) is 6.18 Å².